The second kappa shape index (κ2) is 5.54. The summed E-state index contributed by atoms with van der Waals surface area (Å²) in [5.41, 5.74) is 4.21. The van der Waals surface area contributed by atoms with Crippen molar-refractivity contribution >= 4 is 17.7 Å². The lowest BCUT2D eigenvalue weighted by molar-refractivity contribution is 0.590. The number of hydrogen-bond acceptors (Lipinski definition) is 0. The first-order chi connectivity index (χ1) is 7.45. The minimum absolute atomic E-state index is 0.211. The SMILES string of the molecule is Cc1ccc(C(C)(C)C)cc1/C=C/CCCl. The van der Waals surface area contributed by atoms with Gasteiger partial charge in [-0.2, -0.15) is 0 Å². The Labute approximate surface area is 104 Å². The first-order valence-corrected chi connectivity index (χ1v) is 6.32. The molecule has 0 amide bonds. The molecule has 0 unspecified atom stereocenters. The number of halogens is 1. The van der Waals surface area contributed by atoms with Crippen molar-refractivity contribution in [3.8, 4) is 0 Å². The summed E-state index contributed by atoms with van der Waals surface area (Å²) < 4.78 is 0. The Morgan fingerprint density at radius 3 is 2.50 bits per heavy atom. The number of benzene rings is 1. The maximum atomic E-state index is 5.66. The van der Waals surface area contributed by atoms with Gasteiger partial charge >= 0.3 is 0 Å². The summed E-state index contributed by atoms with van der Waals surface area (Å²) in [5, 5.41) is 0. The molecular weight excluding hydrogens is 216 g/mol. The Balaban J connectivity index is 3.00. The fourth-order valence-electron chi connectivity index (χ4n) is 1.56. The van der Waals surface area contributed by atoms with Gasteiger partial charge in [-0.3, -0.25) is 0 Å². The highest BCUT2D eigenvalue weighted by molar-refractivity contribution is 6.17. The Hall–Kier alpha value is -0.750. The first-order valence-electron chi connectivity index (χ1n) is 5.79. The fourth-order valence-corrected chi connectivity index (χ4v) is 1.69. The van der Waals surface area contributed by atoms with E-state index in [1.54, 1.807) is 0 Å². The maximum Gasteiger partial charge on any atom is 0.0258 e. The van der Waals surface area contributed by atoms with Crippen molar-refractivity contribution in [2.75, 3.05) is 5.88 Å². The summed E-state index contributed by atoms with van der Waals surface area (Å²) in [4.78, 5) is 0. The molecule has 0 heterocycles. The minimum atomic E-state index is 0.211. The van der Waals surface area contributed by atoms with E-state index in [0.717, 1.165) is 6.42 Å². The third-order valence-electron chi connectivity index (χ3n) is 2.72. The van der Waals surface area contributed by atoms with Gasteiger partial charge in [-0.1, -0.05) is 51.1 Å². The smallest absolute Gasteiger partial charge is 0.0258 e. The van der Waals surface area contributed by atoms with Gasteiger partial charge in [-0.15, -0.1) is 11.6 Å². The van der Waals surface area contributed by atoms with Gasteiger partial charge in [0.15, 0.2) is 0 Å². The normalized spacial score (nSPS) is 12.3. The number of alkyl halides is 1. The van der Waals surface area contributed by atoms with Crippen LogP contribution in [0.4, 0.5) is 0 Å². The van der Waals surface area contributed by atoms with E-state index < -0.39 is 0 Å². The van der Waals surface area contributed by atoms with Crippen molar-refractivity contribution < 1.29 is 0 Å². The van der Waals surface area contributed by atoms with Crippen LogP contribution in [-0.4, -0.2) is 5.88 Å². The molecule has 0 aliphatic rings. The van der Waals surface area contributed by atoms with Crippen LogP contribution in [0.15, 0.2) is 24.3 Å². The average Bonchev–Trinajstić information content (AvgIpc) is 2.19. The summed E-state index contributed by atoms with van der Waals surface area (Å²) in [7, 11) is 0. The van der Waals surface area contributed by atoms with E-state index in [9.17, 15) is 0 Å². The van der Waals surface area contributed by atoms with Crippen LogP contribution < -0.4 is 0 Å². The molecule has 0 spiro atoms. The monoisotopic (exact) mass is 236 g/mol. The summed E-state index contributed by atoms with van der Waals surface area (Å²) in [6.07, 6.45) is 5.25. The molecule has 0 saturated carbocycles. The largest absolute Gasteiger partial charge is 0.126 e. The van der Waals surface area contributed by atoms with Crippen molar-refractivity contribution in [2.45, 2.75) is 39.5 Å². The quantitative estimate of drug-likeness (QED) is 0.653. The molecule has 1 aromatic rings. The summed E-state index contributed by atoms with van der Waals surface area (Å²) >= 11 is 5.66. The molecule has 1 heteroatoms. The van der Waals surface area contributed by atoms with Gasteiger partial charge in [0.05, 0.1) is 0 Å². The lowest BCUT2D eigenvalue weighted by Crippen LogP contribution is -2.11. The molecule has 0 nitrogen and oxygen atoms in total. The van der Waals surface area contributed by atoms with Crippen molar-refractivity contribution in [3.05, 3.63) is 41.0 Å². The molecular formula is C15H21Cl. The third-order valence-corrected chi connectivity index (χ3v) is 2.94. The molecule has 0 aliphatic heterocycles. The molecule has 0 fully saturated rings. The zero-order valence-electron chi connectivity index (χ0n) is 10.7. The lowest BCUT2D eigenvalue weighted by Gasteiger charge is -2.20. The van der Waals surface area contributed by atoms with Crippen LogP contribution in [0.25, 0.3) is 6.08 Å². The van der Waals surface area contributed by atoms with Gasteiger partial charge in [0.1, 0.15) is 0 Å². The molecule has 0 bridgehead atoms. The van der Waals surface area contributed by atoms with Crippen molar-refractivity contribution in [2.24, 2.45) is 0 Å². The maximum absolute atomic E-state index is 5.66. The molecule has 0 atom stereocenters. The van der Waals surface area contributed by atoms with Gasteiger partial charge in [0.25, 0.3) is 0 Å². The molecule has 0 radical (unpaired) electrons. The van der Waals surface area contributed by atoms with Crippen LogP contribution >= 0.6 is 11.6 Å². The Morgan fingerprint density at radius 1 is 1.25 bits per heavy atom. The van der Waals surface area contributed by atoms with Crippen LogP contribution in [0.1, 0.15) is 43.9 Å². The van der Waals surface area contributed by atoms with Crippen molar-refractivity contribution in [3.63, 3.8) is 0 Å². The molecule has 16 heavy (non-hydrogen) atoms. The molecule has 0 aromatic heterocycles. The Morgan fingerprint density at radius 2 is 1.94 bits per heavy atom. The van der Waals surface area contributed by atoms with Gasteiger partial charge in [0.2, 0.25) is 0 Å². The van der Waals surface area contributed by atoms with Crippen LogP contribution in [0, 0.1) is 6.92 Å². The predicted octanol–water partition coefficient (Wildman–Crippen LogP) is 4.93. The number of allylic oxidation sites excluding steroid dienone is 1. The molecule has 0 aliphatic carbocycles. The molecule has 1 rings (SSSR count). The summed E-state index contributed by atoms with van der Waals surface area (Å²) in [6, 6.07) is 6.69. The van der Waals surface area contributed by atoms with E-state index >= 15 is 0 Å². The first kappa shape index (κ1) is 13.3. The average molecular weight is 237 g/mol. The molecule has 0 N–H and O–H groups in total. The molecule has 88 valence electrons. The van der Waals surface area contributed by atoms with E-state index in [1.807, 2.05) is 0 Å². The van der Waals surface area contributed by atoms with Crippen LogP contribution in [0.2, 0.25) is 0 Å². The lowest BCUT2D eigenvalue weighted by atomic mass is 9.85. The van der Waals surface area contributed by atoms with Crippen LogP contribution in [-0.2, 0) is 5.41 Å². The molecule has 1 aromatic carbocycles. The molecule has 0 saturated heterocycles. The topological polar surface area (TPSA) is 0 Å². The Kier molecular flexibility index (Phi) is 4.61. The van der Waals surface area contributed by atoms with E-state index in [-0.39, 0.29) is 5.41 Å². The highest BCUT2D eigenvalue weighted by Crippen LogP contribution is 2.25. The summed E-state index contributed by atoms with van der Waals surface area (Å²) in [5.74, 6) is 0.689. The van der Waals surface area contributed by atoms with Gasteiger partial charge in [0, 0.05) is 5.88 Å². The zero-order chi connectivity index (χ0) is 12.2. The van der Waals surface area contributed by atoms with Crippen molar-refractivity contribution in [1.82, 2.24) is 0 Å². The van der Waals surface area contributed by atoms with Crippen LogP contribution in [0.5, 0.6) is 0 Å². The minimum Gasteiger partial charge on any atom is -0.126 e. The standard InChI is InChI=1S/C15H21Cl/c1-12-8-9-14(15(2,3)4)11-13(12)7-5-6-10-16/h5,7-9,11H,6,10H2,1-4H3/b7-5+. The van der Waals surface area contributed by atoms with E-state index in [0.29, 0.717) is 5.88 Å². The van der Waals surface area contributed by atoms with Gasteiger partial charge < -0.3 is 0 Å². The van der Waals surface area contributed by atoms with E-state index in [4.69, 9.17) is 11.6 Å². The third kappa shape index (κ3) is 3.68. The zero-order valence-corrected chi connectivity index (χ0v) is 11.4. The highest BCUT2D eigenvalue weighted by atomic mass is 35.5. The second-order valence-electron chi connectivity index (χ2n) is 5.20. The summed E-state index contributed by atoms with van der Waals surface area (Å²) in [6.45, 7) is 8.87. The number of aryl methyl sites for hydroxylation is 1. The second-order valence-corrected chi connectivity index (χ2v) is 5.58. The number of hydrogen-bond donors (Lipinski definition) is 0. The Bertz CT molecular complexity index is 370. The van der Waals surface area contributed by atoms with Crippen LogP contribution in [0.3, 0.4) is 0 Å². The van der Waals surface area contributed by atoms with Crippen molar-refractivity contribution in [1.29, 1.82) is 0 Å². The van der Waals surface area contributed by atoms with Gasteiger partial charge in [-0.05, 0) is 35.4 Å². The van der Waals surface area contributed by atoms with E-state index in [1.165, 1.54) is 16.7 Å². The van der Waals surface area contributed by atoms with Gasteiger partial charge in [-0.25, -0.2) is 0 Å². The fraction of sp³-hybridized carbons (Fsp3) is 0.467. The number of rotatable bonds is 3. The van der Waals surface area contributed by atoms with E-state index in [2.05, 4.69) is 58.0 Å². The highest BCUT2D eigenvalue weighted by Gasteiger charge is 2.13. The predicted molar refractivity (Wildman–Crippen MR) is 74.3 cm³/mol.